The van der Waals surface area contributed by atoms with E-state index in [2.05, 4.69) is 34.6 Å². The van der Waals surface area contributed by atoms with Gasteiger partial charge in [0.15, 0.2) is 8.46 Å². The van der Waals surface area contributed by atoms with Gasteiger partial charge in [0.05, 0.1) is 0 Å². The lowest BCUT2D eigenvalue weighted by Gasteiger charge is -2.44. The molecule has 1 N–H and O–H groups in total. The van der Waals surface area contributed by atoms with Crippen LogP contribution in [0.5, 0.6) is 0 Å². The van der Waals surface area contributed by atoms with Crippen LogP contribution in [-0.2, 0) is 9.36 Å². The largest absolute Gasteiger partial charge is 0.481 e. The highest BCUT2D eigenvalue weighted by molar-refractivity contribution is 7.25. The van der Waals surface area contributed by atoms with Gasteiger partial charge in [-0.25, -0.2) is 0 Å². The fourth-order valence-electron chi connectivity index (χ4n) is 3.52. The van der Waals surface area contributed by atoms with Crippen molar-refractivity contribution < 1.29 is 14.5 Å². The summed E-state index contributed by atoms with van der Waals surface area (Å²) < 4.78 is 11.5. The number of hydrogen-bond acceptors (Lipinski definition) is 2. The Balaban J connectivity index is 5.21. The molecule has 0 amide bonds. The molecule has 0 aromatic heterocycles. The van der Waals surface area contributed by atoms with Crippen molar-refractivity contribution in [2.24, 2.45) is 16.7 Å². The summed E-state index contributed by atoms with van der Waals surface area (Å²) in [5.74, 6) is -0.676. The fourth-order valence-corrected chi connectivity index (χ4v) is 4.13. The third-order valence-corrected chi connectivity index (χ3v) is 4.45. The maximum Gasteiger partial charge on any atom is 0.303 e. The molecular weight excluding hydrogens is 259 g/mol. The van der Waals surface area contributed by atoms with Crippen molar-refractivity contribution in [2.75, 3.05) is 0 Å². The van der Waals surface area contributed by atoms with Crippen LogP contribution < -0.4 is 0 Å². The Morgan fingerprint density at radius 1 is 1.11 bits per heavy atom. The molecule has 0 aromatic carbocycles. The van der Waals surface area contributed by atoms with Crippen LogP contribution in [0.15, 0.2) is 0 Å². The Morgan fingerprint density at radius 2 is 1.58 bits per heavy atom. The zero-order valence-electron chi connectivity index (χ0n) is 13.4. The van der Waals surface area contributed by atoms with Crippen LogP contribution >= 0.6 is 8.46 Å². The molecule has 0 aliphatic carbocycles. The minimum absolute atomic E-state index is 0.0470. The number of carbonyl (C=O) groups is 1. The highest BCUT2D eigenvalue weighted by Crippen LogP contribution is 2.49. The second-order valence-corrected chi connectivity index (χ2v) is 9.29. The van der Waals surface area contributed by atoms with Crippen molar-refractivity contribution in [1.82, 2.24) is 0 Å². The van der Waals surface area contributed by atoms with E-state index in [9.17, 15) is 9.36 Å². The minimum Gasteiger partial charge on any atom is -0.481 e. The molecule has 0 saturated heterocycles. The second kappa shape index (κ2) is 6.35. The first-order valence-electron chi connectivity index (χ1n) is 6.88. The number of carboxylic acid groups (broad SMARTS) is 1. The molecule has 0 fully saturated rings. The summed E-state index contributed by atoms with van der Waals surface area (Å²) in [6.07, 6.45) is 1.68. The molecule has 3 nitrogen and oxygen atoms in total. The highest BCUT2D eigenvalue weighted by atomic mass is 31.1. The highest BCUT2D eigenvalue weighted by Gasteiger charge is 2.42. The van der Waals surface area contributed by atoms with Gasteiger partial charge in [0.2, 0.25) is 0 Å². The molecule has 0 spiro atoms. The SMILES string of the molecule is CC(C)(C)CC(C)(C)C(CCC(=O)O)C(C)(C)P=O. The summed E-state index contributed by atoms with van der Waals surface area (Å²) in [6.45, 7) is 14.8. The minimum atomic E-state index is -0.782. The van der Waals surface area contributed by atoms with Crippen molar-refractivity contribution in [1.29, 1.82) is 0 Å². The van der Waals surface area contributed by atoms with E-state index >= 15 is 0 Å². The standard InChI is InChI=1S/C15H29O3P/c1-13(2,3)10-14(4,5)11(8-9-12(16)17)15(6,7)19-18/h11H,8-10H2,1-7H3,(H,16,17). The number of hydrogen-bond donors (Lipinski definition) is 1. The Kier molecular flexibility index (Phi) is 6.20. The van der Waals surface area contributed by atoms with Crippen LogP contribution in [0.3, 0.4) is 0 Å². The summed E-state index contributed by atoms with van der Waals surface area (Å²) in [6, 6.07) is 0. The number of aliphatic carboxylic acids is 1. The van der Waals surface area contributed by atoms with Crippen LogP contribution in [0.25, 0.3) is 0 Å². The van der Waals surface area contributed by atoms with Crippen LogP contribution in [0.4, 0.5) is 0 Å². The normalized spacial score (nSPS) is 15.5. The molecule has 19 heavy (non-hydrogen) atoms. The van der Waals surface area contributed by atoms with Gasteiger partial charge in [-0.3, -0.25) is 9.36 Å². The van der Waals surface area contributed by atoms with Gasteiger partial charge in [-0.2, -0.15) is 0 Å². The number of carboxylic acids is 1. The van der Waals surface area contributed by atoms with Crippen LogP contribution in [-0.4, -0.2) is 16.2 Å². The van der Waals surface area contributed by atoms with Crippen molar-refractivity contribution >= 4 is 14.4 Å². The van der Waals surface area contributed by atoms with E-state index in [1.54, 1.807) is 0 Å². The number of rotatable bonds is 7. The average Bonchev–Trinajstić information content (AvgIpc) is 2.12. The molecule has 0 aromatic rings. The van der Waals surface area contributed by atoms with Gasteiger partial charge in [0.1, 0.15) is 0 Å². The molecule has 0 heterocycles. The predicted molar refractivity (Wildman–Crippen MR) is 79.9 cm³/mol. The molecule has 0 saturated carbocycles. The maximum absolute atomic E-state index is 11.5. The first kappa shape index (κ1) is 18.6. The Hall–Kier alpha value is -0.430. The lowest BCUT2D eigenvalue weighted by Crippen LogP contribution is -2.40. The molecular formula is C15H29O3P. The molecule has 0 aliphatic rings. The maximum atomic E-state index is 11.5. The van der Waals surface area contributed by atoms with Crippen LogP contribution in [0, 0.1) is 16.7 Å². The molecule has 0 bridgehead atoms. The average molecular weight is 288 g/mol. The molecule has 0 aliphatic heterocycles. The van der Waals surface area contributed by atoms with Gasteiger partial charge in [0, 0.05) is 11.6 Å². The third kappa shape index (κ3) is 6.51. The molecule has 1 atom stereocenters. The van der Waals surface area contributed by atoms with Crippen molar-refractivity contribution in [2.45, 2.75) is 72.9 Å². The van der Waals surface area contributed by atoms with Crippen molar-refractivity contribution in [3.8, 4) is 0 Å². The van der Waals surface area contributed by atoms with Crippen LogP contribution in [0.2, 0.25) is 0 Å². The van der Waals surface area contributed by atoms with Gasteiger partial charge in [-0.05, 0) is 43.4 Å². The lowest BCUT2D eigenvalue weighted by molar-refractivity contribution is -0.137. The summed E-state index contributed by atoms with van der Waals surface area (Å²) in [4.78, 5) is 10.9. The first-order chi connectivity index (χ1) is 8.32. The van der Waals surface area contributed by atoms with E-state index < -0.39 is 11.1 Å². The van der Waals surface area contributed by atoms with E-state index in [-0.39, 0.29) is 31.6 Å². The predicted octanol–water partition coefficient (Wildman–Crippen LogP) is 5.00. The van der Waals surface area contributed by atoms with Gasteiger partial charge < -0.3 is 5.11 Å². The van der Waals surface area contributed by atoms with E-state index in [1.807, 2.05) is 13.8 Å². The monoisotopic (exact) mass is 288 g/mol. The summed E-state index contributed by atoms with van der Waals surface area (Å²) in [5.41, 5.74) is 0.120. The van der Waals surface area contributed by atoms with Crippen LogP contribution in [0.1, 0.15) is 67.7 Å². The quantitative estimate of drug-likeness (QED) is 0.671. The molecule has 112 valence electrons. The summed E-state index contributed by atoms with van der Waals surface area (Å²) in [7, 11) is 0.0910. The van der Waals surface area contributed by atoms with E-state index in [4.69, 9.17) is 5.11 Å². The third-order valence-electron chi connectivity index (χ3n) is 3.66. The van der Waals surface area contributed by atoms with E-state index in [0.29, 0.717) is 6.42 Å². The Bertz CT molecular complexity index is 327. The smallest absolute Gasteiger partial charge is 0.303 e. The van der Waals surface area contributed by atoms with E-state index in [0.717, 1.165) is 6.42 Å². The van der Waals surface area contributed by atoms with Gasteiger partial charge in [0.25, 0.3) is 0 Å². The molecule has 0 rings (SSSR count). The zero-order valence-corrected chi connectivity index (χ0v) is 14.3. The lowest BCUT2D eigenvalue weighted by atomic mass is 9.64. The van der Waals surface area contributed by atoms with Crippen molar-refractivity contribution in [3.05, 3.63) is 0 Å². The molecule has 0 radical (unpaired) electrons. The van der Waals surface area contributed by atoms with Gasteiger partial charge in [-0.15, -0.1) is 0 Å². The van der Waals surface area contributed by atoms with Gasteiger partial charge >= 0.3 is 5.97 Å². The first-order valence-corrected chi connectivity index (χ1v) is 7.69. The zero-order chi connectivity index (χ0) is 15.5. The Labute approximate surface area is 119 Å². The molecule has 1 unspecified atom stereocenters. The summed E-state index contributed by atoms with van der Waals surface area (Å²) >= 11 is 0. The fraction of sp³-hybridized carbons (Fsp3) is 0.933. The Morgan fingerprint density at radius 3 is 1.89 bits per heavy atom. The van der Waals surface area contributed by atoms with E-state index in [1.165, 1.54) is 0 Å². The topological polar surface area (TPSA) is 54.4 Å². The summed E-state index contributed by atoms with van der Waals surface area (Å²) in [5, 5.41) is 8.52. The molecule has 4 heteroatoms. The van der Waals surface area contributed by atoms with Gasteiger partial charge in [-0.1, -0.05) is 34.6 Å². The van der Waals surface area contributed by atoms with Crippen molar-refractivity contribution in [3.63, 3.8) is 0 Å². The second-order valence-electron chi connectivity index (χ2n) is 7.96.